The Morgan fingerprint density at radius 1 is 1.10 bits per heavy atom. The molecule has 0 bridgehead atoms. The summed E-state index contributed by atoms with van der Waals surface area (Å²) in [6.45, 7) is 2.04. The summed E-state index contributed by atoms with van der Waals surface area (Å²) >= 11 is 0. The Balaban J connectivity index is 2.09. The zero-order chi connectivity index (χ0) is 15.0. The minimum absolute atomic E-state index is 0.644. The van der Waals surface area contributed by atoms with Gasteiger partial charge in [-0.1, -0.05) is 25.1 Å². The van der Waals surface area contributed by atoms with Crippen LogP contribution in [0, 0.1) is 0 Å². The number of aryl methyl sites for hydroxylation is 1. The van der Waals surface area contributed by atoms with E-state index >= 15 is 0 Å². The molecule has 2 aromatic heterocycles. The van der Waals surface area contributed by atoms with E-state index in [0.717, 1.165) is 35.5 Å². The van der Waals surface area contributed by atoms with Gasteiger partial charge in [0.2, 0.25) is 0 Å². The van der Waals surface area contributed by atoms with Crippen LogP contribution < -0.4 is 0 Å². The van der Waals surface area contributed by atoms with E-state index in [1.807, 2.05) is 29.7 Å². The van der Waals surface area contributed by atoms with Crippen LogP contribution in [0.25, 0.3) is 16.9 Å². The number of pyridine rings is 1. The molecule has 0 unspecified atom stereocenters. The van der Waals surface area contributed by atoms with Crippen LogP contribution in [0.1, 0.15) is 18.1 Å². The highest BCUT2D eigenvalue weighted by Gasteiger charge is 2.30. The predicted molar refractivity (Wildman–Crippen MR) is 75.0 cm³/mol. The fourth-order valence-corrected chi connectivity index (χ4v) is 2.39. The summed E-state index contributed by atoms with van der Waals surface area (Å²) in [6.07, 6.45) is 0.104. The Morgan fingerprint density at radius 3 is 2.43 bits per heavy atom. The van der Waals surface area contributed by atoms with Gasteiger partial charge in [-0.15, -0.1) is 0 Å². The normalized spacial score (nSPS) is 12.0. The van der Waals surface area contributed by atoms with Gasteiger partial charge in [-0.05, 0) is 30.2 Å². The van der Waals surface area contributed by atoms with Crippen molar-refractivity contribution < 1.29 is 13.2 Å². The molecule has 3 rings (SSSR count). The maximum absolute atomic E-state index is 12.6. The second-order valence-corrected chi connectivity index (χ2v) is 4.80. The number of rotatable bonds is 2. The lowest BCUT2D eigenvalue weighted by molar-refractivity contribution is -0.137. The maximum atomic E-state index is 12.6. The Morgan fingerprint density at radius 2 is 1.81 bits per heavy atom. The lowest BCUT2D eigenvalue weighted by Gasteiger charge is -2.08. The minimum atomic E-state index is -4.31. The van der Waals surface area contributed by atoms with Gasteiger partial charge < -0.3 is 0 Å². The van der Waals surface area contributed by atoms with E-state index in [9.17, 15) is 13.2 Å². The van der Waals surface area contributed by atoms with Crippen LogP contribution in [0.5, 0.6) is 0 Å². The second kappa shape index (κ2) is 4.91. The van der Waals surface area contributed by atoms with Crippen molar-refractivity contribution in [3.63, 3.8) is 0 Å². The predicted octanol–water partition coefficient (Wildman–Crippen LogP) is 4.58. The van der Waals surface area contributed by atoms with Crippen LogP contribution >= 0.6 is 0 Å². The molecule has 0 saturated carbocycles. The van der Waals surface area contributed by atoms with Crippen LogP contribution in [-0.2, 0) is 12.6 Å². The molecule has 1 aromatic carbocycles. The van der Waals surface area contributed by atoms with Crippen LogP contribution in [-0.4, -0.2) is 9.38 Å². The fraction of sp³-hybridized carbons (Fsp3) is 0.188. The molecule has 108 valence electrons. The summed E-state index contributed by atoms with van der Waals surface area (Å²) in [5.74, 6) is 0. The van der Waals surface area contributed by atoms with E-state index in [1.54, 1.807) is 6.20 Å². The largest absolute Gasteiger partial charge is 0.416 e. The number of nitrogens with zero attached hydrogens (tertiary/aromatic N) is 2. The minimum Gasteiger partial charge on any atom is -0.299 e. The standard InChI is InChI=1S/C16H13F3N2/c1-2-11-4-3-9-21-14(10-20-15(11)21)12-5-7-13(8-6-12)16(17,18)19/h3-10H,2H2,1H3. The highest BCUT2D eigenvalue weighted by Crippen LogP contribution is 2.31. The van der Waals surface area contributed by atoms with Crippen molar-refractivity contribution in [1.82, 2.24) is 9.38 Å². The highest BCUT2D eigenvalue weighted by atomic mass is 19.4. The van der Waals surface area contributed by atoms with Gasteiger partial charge in [0.05, 0.1) is 17.5 Å². The lowest BCUT2D eigenvalue weighted by Crippen LogP contribution is -2.04. The van der Waals surface area contributed by atoms with Gasteiger partial charge in [0.1, 0.15) is 5.65 Å². The molecule has 5 heteroatoms. The fourth-order valence-electron chi connectivity index (χ4n) is 2.39. The van der Waals surface area contributed by atoms with E-state index in [1.165, 1.54) is 12.1 Å². The van der Waals surface area contributed by atoms with Crippen molar-refractivity contribution in [1.29, 1.82) is 0 Å². The summed E-state index contributed by atoms with van der Waals surface area (Å²) in [5.41, 5.74) is 2.80. The third-order valence-corrected chi connectivity index (χ3v) is 3.51. The Bertz CT molecular complexity index is 770. The van der Waals surface area contributed by atoms with Gasteiger partial charge >= 0.3 is 6.18 Å². The summed E-state index contributed by atoms with van der Waals surface area (Å²) in [6, 6.07) is 9.06. The van der Waals surface area contributed by atoms with Gasteiger partial charge in [-0.2, -0.15) is 13.2 Å². The molecule has 0 aliphatic heterocycles. The topological polar surface area (TPSA) is 17.3 Å². The van der Waals surface area contributed by atoms with Gasteiger partial charge in [-0.3, -0.25) is 4.40 Å². The van der Waals surface area contributed by atoms with Gasteiger partial charge in [-0.25, -0.2) is 4.98 Å². The molecule has 0 saturated heterocycles. The molecule has 3 aromatic rings. The maximum Gasteiger partial charge on any atom is 0.416 e. The Kier molecular flexibility index (Phi) is 3.20. The molecule has 0 spiro atoms. The summed E-state index contributed by atoms with van der Waals surface area (Å²) in [4.78, 5) is 4.38. The highest BCUT2D eigenvalue weighted by molar-refractivity contribution is 5.65. The second-order valence-electron chi connectivity index (χ2n) is 4.80. The first-order chi connectivity index (χ1) is 10.0. The van der Waals surface area contributed by atoms with Crippen molar-refractivity contribution in [3.05, 3.63) is 59.9 Å². The van der Waals surface area contributed by atoms with E-state index in [-0.39, 0.29) is 0 Å². The number of alkyl halides is 3. The lowest BCUT2D eigenvalue weighted by atomic mass is 10.1. The van der Waals surface area contributed by atoms with E-state index in [4.69, 9.17) is 0 Å². The van der Waals surface area contributed by atoms with Crippen molar-refractivity contribution in [2.45, 2.75) is 19.5 Å². The summed E-state index contributed by atoms with van der Waals surface area (Å²) < 4.78 is 39.7. The number of hydrogen-bond acceptors (Lipinski definition) is 1. The van der Waals surface area contributed by atoms with E-state index < -0.39 is 11.7 Å². The van der Waals surface area contributed by atoms with E-state index in [0.29, 0.717) is 5.56 Å². The number of imidazole rings is 1. The van der Waals surface area contributed by atoms with Gasteiger partial charge in [0.25, 0.3) is 0 Å². The molecular formula is C16H13F3N2. The van der Waals surface area contributed by atoms with Crippen molar-refractivity contribution >= 4 is 5.65 Å². The smallest absolute Gasteiger partial charge is 0.299 e. The Labute approximate surface area is 119 Å². The van der Waals surface area contributed by atoms with Crippen molar-refractivity contribution in [2.24, 2.45) is 0 Å². The average Bonchev–Trinajstić information content (AvgIpc) is 2.90. The molecule has 0 aliphatic rings. The van der Waals surface area contributed by atoms with E-state index in [2.05, 4.69) is 4.98 Å². The zero-order valence-electron chi connectivity index (χ0n) is 11.4. The molecule has 0 aliphatic carbocycles. The third kappa shape index (κ3) is 2.39. The first kappa shape index (κ1) is 13.7. The molecular weight excluding hydrogens is 277 g/mol. The molecule has 0 fully saturated rings. The number of benzene rings is 1. The summed E-state index contributed by atoms with van der Waals surface area (Å²) in [5, 5.41) is 0. The van der Waals surface area contributed by atoms with Crippen molar-refractivity contribution in [3.8, 4) is 11.3 Å². The number of fused-ring (bicyclic) bond motifs is 1. The molecule has 2 heterocycles. The Hall–Kier alpha value is -2.30. The molecule has 0 N–H and O–H groups in total. The van der Waals surface area contributed by atoms with Gasteiger partial charge in [0, 0.05) is 11.8 Å². The first-order valence-electron chi connectivity index (χ1n) is 6.63. The first-order valence-corrected chi connectivity index (χ1v) is 6.63. The molecule has 0 amide bonds. The van der Waals surface area contributed by atoms with Crippen molar-refractivity contribution in [2.75, 3.05) is 0 Å². The van der Waals surface area contributed by atoms with Crippen LogP contribution in [0.3, 0.4) is 0 Å². The summed E-state index contributed by atoms with van der Waals surface area (Å²) in [7, 11) is 0. The molecule has 0 atom stereocenters. The number of hydrogen-bond donors (Lipinski definition) is 0. The average molecular weight is 290 g/mol. The zero-order valence-corrected chi connectivity index (χ0v) is 11.4. The third-order valence-electron chi connectivity index (χ3n) is 3.51. The number of aromatic nitrogens is 2. The van der Waals surface area contributed by atoms with Crippen LogP contribution in [0.4, 0.5) is 13.2 Å². The SMILES string of the molecule is CCc1cccn2c(-c3ccc(C(F)(F)F)cc3)cnc12. The van der Waals surface area contributed by atoms with Gasteiger partial charge in [0.15, 0.2) is 0 Å². The monoisotopic (exact) mass is 290 g/mol. The molecule has 2 nitrogen and oxygen atoms in total. The number of halogens is 3. The van der Waals surface area contributed by atoms with Crippen LogP contribution in [0.2, 0.25) is 0 Å². The quantitative estimate of drug-likeness (QED) is 0.675. The van der Waals surface area contributed by atoms with Crippen LogP contribution in [0.15, 0.2) is 48.8 Å². The molecule has 0 radical (unpaired) electrons. The molecule has 21 heavy (non-hydrogen) atoms.